The van der Waals surface area contributed by atoms with Crippen molar-refractivity contribution in [2.24, 2.45) is 13.0 Å². The van der Waals surface area contributed by atoms with Crippen LogP contribution >= 0.6 is 0 Å². The molecule has 1 aliphatic heterocycles. The maximum absolute atomic E-state index is 13.3. The van der Waals surface area contributed by atoms with Gasteiger partial charge in [0, 0.05) is 20.1 Å². The lowest BCUT2D eigenvalue weighted by Crippen LogP contribution is -2.43. The Morgan fingerprint density at radius 3 is 3.04 bits per heavy atom. The van der Waals surface area contributed by atoms with Crippen LogP contribution in [0.25, 0.3) is 0 Å². The summed E-state index contributed by atoms with van der Waals surface area (Å²) in [5.41, 5.74) is 0.938. The molecule has 0 radical (unpaired) electrons. The predicted molar refractivity (Wildman–Crippen MR) is 92.0 cm³/mol. The molecule has 1 fully saturated rings. The molecule has 0 bridgehead atoms. The van der Waals surface area contributed by atoms with Crippen LogP contribution in [0.3, 0.4) is 0 Å². The smallest absolute Gasteiger partial charge is 0.224 e. The monoisotopic (exact) mass is 345 g/mol. The van der Waals surface area contributed by atoms with E-state index in [2.05, 4.69) is 20.4 Å². The first-order valence-corrected chi connectivity index (χ1v) is 8.64. The first-order chi connectivity index (χ1) is 12.0. The Bertz CT molecular complexity index is 732. The number of aryl methyl sites for hydroxylation is 1. The zero-order valence-corrected chi connectivity index (χ0v) is 14.7. The van der Waals surface area contributed by atoms with Crippen LogP contribution in [0, 0.1) is 11.7 Å². The van der Waals surface area contributed by atoms with E-state index in [1.54, 1.807) is 18.5 Å². The number of carbonyl (C=O) groups excluding carboxylic acids is 1. The van der Waals surface area contributed by atoms with Gasteiger partial charge >= 0.3 is 0 Å². The van der Waals surface area contributed by atoms with Gasteiger partial charge in [-0.05, 0) is 44.0 Å². The SMILES string of the molecule is C[C@H](NC(=O)[C@H]1CCCN(Cc2cccc(F)c2)C1)c1nncn1C. The topological polar surface area (TPSA) is 63.1 Å². The van der Waals surface area contributed by atoms with Crippen molar-refractivity contribution in [3.63, 3.8) is 0 Å². The van der Waals surface area contributed by atoms with Gasteiger partial charge in [-0.2, -0.15) is 0 Å². The first kappa shape index (κ1) is 17.5. The lowest BCUT2D eigenvalue weighted by atomic mass is 9.96. The van der Waals surface area contributed by atoms with E-state index in [9.17, 15) is 9.18 Å². The van der Waals surface area contributed by atoms with Gasteiger partial charge in [0.2, 0.25) is 5.91 Å². The Labute approximate surface area is 147 Å². The molecule has 2 heterocycles. The van der Waals surface area contributed by atoms with Crippen LogP contribution in [0.4, 0.5) is 4.39 Å². The van der Waals surface area contributed by atoms with Crippen molar-refractivity contribution in [3.05, 3.63) is 47.8 Å². The molecule has 1 N–H and O–H groups in total. The second kappa shape index (κ2) is 7.74. The number of halogens is 1. The Morgan fingerprint density at radius 2 is 2.32 bits per heavy atom. The normalized spacial score (nSPS) is 19.6. The van der Waals surface area contributed by atoms with Crippen molar-refractivity contribution in [2.45, 2.75) is 32.4 Å². The largest absolute Gasteiger partial charge is 0.346 e. The molecule has 2 atom stereocenters. The van der Waals surface area contributed by atoms with Crippen molar-refractivity contribution in [1.29, 1.82) is 0 Å². The Balaban J connectivity index is 1.57. The van der Waals surface area contributed by atoms with Gasteiger partial charge in [-0.15, -0.1) is 10.2 Å². The highest BCUT2D eigenvalue weighted by Crippen LogP contribution is 2.20. The lowest BCUT2D eigenvalue weighted by molar-refractivity contribution is -0.127. The van der Waals surface area contributed by atoms with Crippen LogP contribution in [-0.2, 0) is 18.4 Å². The number of nitrogens with zero attached hydrogens (tertiary/aromatic N) is 4. The van der Waals surface area contributed by atoms with Crippen molar-refractivity contribution < 1.29 is 9.18 Å². The number of aromatic nitrogens is 3. The summed E-state index contributed by atoms with van der Waals surface area (Å²) in [4.78, 5) is 14.8. The summed E-state index contributed by atoms with van der Waals surface area (Å²) in [6.07, 6.45) is 3.46. The average Bonchev–Trinajstić information content (AvgIpc) is 3.01. The summed E-state index contributed by atoms with van der Waals surface area (Å²) in [5.74, 6) is 0.500. The van der Waals surface area contributed by atoms with Crippen LogP contribution in [0.5, 0.6) is 0 Å². The fraction of sp³-hybridized carbons (Fsp3) is 0.500. The third-order valence-electron chi connectivity index (χ3n) is 4.66. The molecule has 0 spiro atoms. The van der Waals surface area contributed by atoms with E-state index in [0.29, 0.717) is 13.1 Å². The Morgan fingerprint density at radius 1 is 1.48 bits per heavy atom. The molecule has 1 aromatic heterocycles. The number of piperidine rings is 1. The van der Waals surface area contributed by atoms with Crippen molar-refractivity contribution in [1.82, 2.24) is 25.0 Å². The number of carbonyl (C=O) groups is 1. The molecule has 0 saturated carbocycles. The highest BCUT2D eigenvalue weighted by molar-refractivity contribution is 5.79. The zero-order valence-electron chi connectivity index (χ0n) is 14.7. The minimum absolute atomic E-state index is 0.0412. The molecule has 0 unspecified atom stereocenters. The van der Waals surface area contributed by atoms with E-state index in [4.69, 9.17) is 0 Å². The highest BCUT2D eigenvalue weighted by Gasteiger charge is 2.27. The van der Waals surface area contributed by atoms with E-state index in [0.717, 1.165) is 30.8 Å². The summed E-state index contributed by atoms with van der Waals surface area (Å²) < 4.78 is 15.1. The fourth-order valence-electron chi connectivity index (χ4n) is 3.39. The van der Waals surface area contributed by atoms with E-state index in [-0.39, 0.29) is 23.7 Å². The van der Waals surface area contributed by atoms with E-state index in [1.165, 1.54) is 6.07 Å². The van der Waals surface area contributed by atoms with Crippen molar-refractivity contribution in [2.75, 3.05) is 13.1 Å². The molecule has 0 aliphatic carbocycles. The van der Waals surface area contributed by atoms with E-state index >= 15 is 0 Å². The number of likely N-dealkylation sites (tertiary alicyclic amines) is 1. The van der Waals surface area contributed by atoms with Gasteiger partial charge in [-0.3, -0.25) is 9.69 Å². The Hall–Kier alpha value is -2.28. The molecule has 1 amide bonds. The van der Waals surface area contributed by atoms with Gasteiger partial charge in [0.25, 0.3) is 0 Å². The lowest BCUT2D eigenvalue weighted by Gasteiger charge is -2.32. The maximum Gasteiger partial charge on any atom is 0.224 e. The van der Waals surface area contributed by atoms with Crippen LogP contribution in [0.2, 0.25) is 0 Å². The number of hydrogen-bond donors (Lipinski definition) is 1. The minimum atomic E-state index is -0.221. The van der Waals surface area contributed by atoms with Gasteiger partial charge in [-0.25, -0.2) is 4.39 Å². The molecule has 25 heavy (non-hydrogen) atoms. The summed E-state index contributed by atoms with van der Waals surface area (Å²) >= 11 is 0. The van der Waals surface area contributed by atoms with Crippen molar-refractivity contribution in [3.8, 4) is 0 Å². The van der Waals surface area contributed by atoms with Gasteiger partial charge < -0.3 is 9.88 Å². The Kier molecular flexibility index (Phi) is 5.43. The molecule has 1 aliphatic rings. The van der Waals surface area contributed by atoms with Crippen LogP contribution < -0.4 is 5.32 Å². The molecule has 3 rings (SSSR count). The molecule has 7 heteroatoms. The standard InChI is InChI=1S/C18H24FN5O/c1-13(17-22-20-12-23(17)2)21-18(25)15-6-4-8-24(11-15)10-14-5-3-7-16(19)9-14/h3,5,7,9,12-13,15H,4,6,8,10-11H2,1-2H3,(H,21,25)/t13-,15-/m0/s1. The van der Waals surface area contributed by atoms with Crippen LogP contribution in [0.15, 0.2) is 30.6 Å². The number of amides is 1. The number of rotatable bonds is 5. The van der Waals surface area contributed by atoms with Gasteiger partial charge in [-0.1, -0.05) is 12.1 Å². The third-order valence-corrected chi connectivity index (χ3v) is 4.66. The third kappa shape index (κ3) is 4.42. The number of benzene rings is 1. The number of hydrogen-bond acceptors (Lipinski definition) is 4. The van der Waals surface area contributed by atoms with E-state index in [1.807, 2.05) is 24.6 Å². The molecule has 1 aromatic carbocycles. The molecular formula is C18H24FN5O. The predicted octanol–water partition coefficient (Wildman–Crippen LogP) is 2.04. The molecule has 1 saturated heterocycles. The molecule has 134 valence electrons. The molecular weight excluding hydrogens is 321 g/mol. The van der Waals surface area contributed by atoms with Gasteiger partial charge in [0.05, 0.1) is 12.0 Å². The summed E-state index contributed by atoms with van der Waals surface area (Å²) in [5, 5.41) is 10.9. The zero-order chi connectivity index (χ0) is 17.8. The summed E-state index contributed by atoms with van der Waals surface area (Å²) in [7, 11) is 1.86. The van der Waals surface area contributed by atoms with Crippen molar-refractivity contribution >= 4 is 5.91 Å². The van der Waals surface area contributed by atoms with Crippen LogP contribution in [-0.4, -0.2) is 38.7 Å². The second-order valence-corrected chi connectivity index (χ2v) is 6.73. The second-order valence-electron chi connectivity index (χ2n) is 6.73. The minimum Gasteiger partial charge on any atom is -0.346 e. The molecule has 2 aromatic rings. The van der Waals surface area contributed by atoms with Gasteiger partial charge in [0.15, 0.2) is 5.82 Å². The first-order valence-electron chi connectivity index (χ1n) is 8.64. The number of nitrogens with one attached hydrogen (secondary N) is 1. The fourth-order valence-corrected chi connectivity index (χ4v) is 3.39. The highest BCUT2D eigenvalue weighted by atomic mass is 19.1. The van der Waals surface area contributed by atoms with Crippen LogP contribution in [0.1, 0.15) is 37.2 Å². The van der Waals surface area contributed by atoms with Gasteiger partial charge in [0.1, 0.15) is 12.1 Å². The summed E-state index contributed by atoms with van der Waals surface area (Å²) in [6, 6.07) is 6.46. The van der Waals surface area contributed by atoms with E-state index < -0.39 is 0 Å². The average molecular weight is 345 g/mol. The molecule has 6 nitrogen and oxygen atoms in total. The maximum atomic E-state index is 13.3. The summed E-state index contributed by atoms with van der Waals surface area (Å²) in [6.45, 7) is 4.20. The quantitative estimate of drug-likeness (QED) is 0.901.